The summed E-state index contributed by atoms with van der Waals surface area (Å²) in [6.45, 7) is 1.41. The second-order valence-electron chi connectivity index (χ2n) is 4.85. The van der Waals surface area contributed by atoms with Gasteiger partial charge in [-0.2, -0.15) is 0 Å². The molecule has 0 aromatic heterocycles. The van der Waals surface area contributed by atoms with Gasteiger partial charge in [0.15, 0.2) is 5.78 Å². The number of hydrogen-bond donors (Lipinski definition) is 2. The molecule has 0 fully saturated rings. The summed E-state index contributed by atoms with van der Waals surface area (Å²) in [5.41, 5.74) is 1.06. The zero-order valence-electron chi connectivity index (χ0n) is 12.7. The minimum atomic E-state index is -3.80. The molecular weight excluding hydrogens is 316 g/mol. The Bertz CT molecular complexity index is 843. The number of nitrogens with one attached hydrogen (secondary N) is 2. The molecule has 0 saturated heterocycles. The summed E-state index contributed by atoms with van der Waals surface area (Å²) >= 11 is 0. The van der Waals surface area contributed by atoms with Crippen molar-refractivity contribution in [1.29, 1.82) is 0 Å². The minimum absolute atomic E-state index is 0.0350. The molecular formula is C16H16N2O4S. The molecule has 0 aliphatic heterocycles. The van der Waals surface area contributed by atoms with Crippen molar-refractivity contribution >= 4 is 27.4 Å². The summed E-state index contributed by atoms with van der Waals surface area (Å²) in [5.74, 6) is -0.447. The van der Waals surface area contributed by atoms with E-state index in [-0.39, 0.29) is 22.3 Å². The van der Waals surface area contributed by atoms with Gasteiger partial charge in [-0.05, 0) is 37.3 Å². The first-order valence-corrected chi connectivity index (χ1v) is 8.28. The van der Waals surface area contributed by atoms with E-state index in [2.05, 4.69) is 10.0 Å². The monoisotopic (exact) mass is 332 g/mol. The van der Waals surface area contributed by atoms with Gasteiger partial charge < -0.3 is 5.32 Å². The van der Waals surface area contributed by atoms with E-state index < -0.39 is 10.0 Å². The number of hydrogen-bond acceptors (Lipinski definition) is 4. The van der Waals surface area contributed by atoms with Gasteiger partial charge in [-0.3, -0.25) is 14.3 Å². The second-order valence-corrected chi connectivity index (χ2v) is 6.53. The lowest BCUT2D eigenvalue weighted by atomic mass is 10.2. The smallest absolute Gasteiger partial charge is 0.261 e. The largest absolute Gasteiger partial charge is 0.355 e. The van der Waals surface area contributed by atoms with Gasteiger partial charge in [0.05, 0.1) is 4.90 Å². The van der Waals surface area contributed by atoms with Crippen LogP contribution in [0.2, 0.25) is 0 Å². The Labute approximate surface area is 134 Å². The standard InChI is InChI=1S/C16H16N2O4S/c1-11(19)12-6-8-15(9-7-12)23(21,22)18-14-5-3-4-13(10-14)16(20)17-2/h3-10,18H,1-2H3,(H,17,20). The van der Waals surface area contributed by atoms with Crippen LogP contribution < -0.4 is 10.0 Å². The van der Waals surface area contributed by atoms with Crippen LogP contribution in [0.3, 0.4) is 0 Å². The molecule has 0 saturated carbocycles. The van der Waals surface area contributed by atoms with Gasteiger partial charge >= 0.3 is 0 Å². The molecule has 0 bridgehead atoms. The molecule has 0 aliphatic rings. The van der Waals surface area contributed by atoms with Crippen LogP contribution in [-0.2, 0) is 10.0 Å². The first-order chi connectivity index (χ1) is 10.8. The van der Waals surface area contributed by atoms with E-state index in [0.29, 0.717) is 11.1 Å². The molecule has 0 unspecified atom stereocenters. The zero-order valence-corrected chi connectivity index (χ0v) is 13.5. The molecule has 6 nitrogen and oxygen atoms in total. The highest BCUT2D eigenvalue weighted by atomic mass is 32.2. The van der Waals surface area contributed by atoms with Crippen molar-refractivity contribution in [3.8, 4) is 0 Å². The average Bonchev–Trinajstić information content (AvgIpc) is 2.54. The van der Waals surface area contributed by atoms with Crippen LogP contribution in [0, 0.1) is 0 Å². The van der Waals surface area contributed by atoms with E-state index in [1.54, 1.807) is 18.2 Å². The van der Waals surface area contributed by atoms with Crippen molar-refractivity contribution in [3.63, 3.8) is 0 Å². The molecule has 2 rings (SSSR count). The molecule has 0 atom stereocenters. The quantitative estimate of drug-likeness (QED) is 0.820. The Morgan fingerprint density at radius 3 is 2.17 bits per heavy atom. The number of benzene rings is 2. The van der Waals surface area contributed by atoms with Crippen LogP contribution in [0.1, 0.15) is 27.6 Å². The van der Waals surface area contributed by atoms with Crippen LogP contribution in [0.5, 0.6) is 0 Å². The zero-order chi connectivity index (χ0) is 17.0. The predicted molar refractivity (Wildman–Crippen MR) is 87.1 cm³/mol. The maximum absolute atomic E-state index is 12.3. The van der Waals surface area contributed by atoms with E-state index in [9.17, 15) is 18.0 Å². The Morgan fingerprint density at radius 2 is 1.61 bits per heavy atom. The summed E-state index contributed by atoms with van der Waals surface area (Å²) in [7, 11) is -2.30. The Kier molecular flexibility index (Phi) is 4.80. The molecule has 2 aromatic rings. The topological polar surface area (TPSA) is 92.3 Å². The van der Waals surface area contributed by atoms with Crippen LogP contribution in [0.15, 0.2) is 53.4 Å². The van der Waals surface area contributed by atoms with Gasteiger partial charge in [0, 0.05) is 23.9 Å². The van der Waals surface area contributed by atoms with Crippen molar-refractivity contribution < 1.29 is 18.0 Å². The van der Waals surface area contributed by atoms with E-state index >= 15 is 0 Å². The SMILES string of the molecule is CNC(=O)c1cccc(NS(=O)(=O)c2ccc(C(C)=O)cc2)c1. The first-order valence-electron chi connectivity index (χ1n) is 6.79. The Hall–Kier alpha value is -2.67. The molecule has 7 heteroatoms. The highest BCUT2D eigenvalue weighted by molar-refractivity contribution is 7.92. The molecule has 23 heavy (non-hydrogen) atoms. The van der Waals surface area contributed by atoms with E-state index in [0.717, 1.165) is 0 Å². The number of amides is 1. The number of Topliss-reactive ketones (excluding diaryl/α,β-unsaturated/α-hetero) is 1. The third-order valence-electron chi connectivity index (χ3n) is 3.18. The molecule has 0 heterocycles. The van der Waals surface area contributed by atoms with Crippen molar-refractivity contribution in [1.82, 2.24) is 5.32 Å². The van der Waals surface area contributed by atoms with E-state index in [1.807, 2.05) is 0 Å². The number of rotatable bonds is 5. The third-order valence-corrected chi connectivity index (χ3v) is 4.57. The van der Waals surface area contributed by atoms with Crippen LogP contribution in [0.25, 0.3) is 0 Å². The lowest BCUT2D eigenvalue weighted by molar-refractivity contribution is 0.0962. The second kappa shape index (κ2) is 6.62. The fraction of sp³-hybridized carbons (Fsp3) is 0.125. The van der Waals surface area contributed by atoms with Crippen LogP contribution in [-0.4, -0.2) is 27.2 Å². The molecule has 120 valence electrons. The fourth-order valence-corrected chi connectivity index (χ4v) is 3.00. The average molecular weight is 332 g/mol. The fourth-order valence-electron chi connectivity index (χ4n) is 1.95. The van der Waals surface area contributed by atoms with Gasteiger partial charge in [0.1, 0.15) is 0 Å². The van der Waals surface area contributed by atoms with Gasteiger partial charge in [-0.15, -0.1) is 0 Å². The van der Waals surface area contributed by atoms with Crippen LogP contribution in [0.4, 0.5) is 5.69 Å². The first kappa shape index (κ1) is 16.7. The minimum Gasteiger partial charge on any atom is -0.355 e. The number of carbonyl (C=O) groups excluding carboxylic acids is 2. The molecule has 0 radical (unpaired) electrons. The summed E-state index contributed by atoms with van der Waals surface area (Å²) < 4.78 is 27.1. The van der Waals surface area contributed by atoms with Gasteiger partial charge in [-0.25, -0.2) is 8.42 Å². The van der Waals surface area contributed by atoms with Crippen molar-refractivity contribution in [3.05, 3.63) is 59.7 Å². The third kappa shape index (κ3) is 3.95. The van der Waals surface area contributed by atoms with Crippen molar-refractivity contribution in [2.24, 2.45) is 0 Å². The van der Waals surface area contributed by atoms with E-state index in [1.165, 1.54) is 44.3 Å². The maximum Gasteiger partial charge on any atom is 0.261 e. The molecule has 2 N–H and O–H groups in total. The van der Waals surface area contributed by atoms with Gasteiger partial charge in [-0.1, -0.05) is 18.2 Å². The highest BCUT2D eigenvalue weighted by Crippen LogP contribution is 2.18. The molecule has 1 amide bonds. The summed E-state index contributed by atoms with van der Waals surface area (Å²) in [6.07, 6.45) is 0. The molecule has 2 aromatic carbocycles. The van der Waals surface area contributed by atoms with Gasteiger partial charge in [0.2, 0.25) is 0 Å². The lowest BCUT2D eigenvalue weighted by Gasteiger charge is -2.09. The number of ketones is 1. The molecule has 0 spiro atoms. The summed E-state index contributed by atoms with van der Waals surface area (Å²) in [4.78, 5) is 22.8. The predicted octanol–water partition coefficient (Wildman–Crippen LogP) is 2.05. The lowest BCUT2D eigenvalue weighted by Crippen LogP contribution is -2.18. The van der Waals surface area contributed by atoms with Crippen LogP contribution >= 0.6 is 0 Å². The Morgan fingerprint density at radius 1 is 0.957 bits per heavy atom. The Balaban J connectivity index is 2.27. The summed E-state index contributed by atoms with van der Waals surface area (Å²) in [6, 6.07) is 11.8. The normalized spacial score (nSPS) is 10.9. The summed E-state index contributed by atoms with van der Waals surface area (Å²) in [5, 5.41) is 2.47. The number of carbonyl (C=O) groups is 2. The maximum atomic E-state index is 12.3. The highest BCUT2D eigenvalue weighted by Gasteiger charge is 2.15. The number of anilines is 1. The van der Waals surface area contributed by atoms with Crippen molar-refractivity contribution in [2.75, 3.05) is 11.8 Å². The van der Waals surface area contributed by atoms with Crippen molar-refractivity contribution in [2.45, 2.75) is 11.8 Å². The van der Waals surface area contributed by atoms with Gasteiger partial charge in [0.25, 0.3) is 15.9 Å². The van der Waals surface area contributed by atoms with E-state index in [4.69, 9.17) is 0 Å². The molecule has 0 aliphatic carbocycles. The number of sulfonamides is 1.